The Morgan fingerprint density at radius 2 is 2.28 bits per heavy atom. The van der Waals surface area contributed by atoms with Gasteiger partial charge in [0.15, 0.2) is 5.69 Å². The molecule has 94 valence electrons. The smallest absolute Gasteiger partial charge is 0.303 e. The summed E-state index contributed by atoms with van der Waals surface area (Å²) in [5, 5.41) is 20.6. The second-order valence-corrected chi connectivity index (χ2v) is 4.68. The summed E-state index contributed by atoms with van der Waals surface area (Å²) in [5.41, 5.74) is 0.117. The summed E-state index contributed by atoms with van der Waals surface area (Å²) in [5.74, 6) is -0.187. The highest BCUT2D eigenvalue weighted by Gasteiger charge is 2.38. The van der Waals surface area contributed by atoms with E-state index >= 15 is 0 Å². The van der Waals surface area contributed by atoms with Crippen molar-refractivity contribution in [2.24, 2.45) is 5.41 Å². The normalized spacial score (nSPS) is 16.4. The molecule has 1 aliphatic rings. The van der Waals surface area contributed by atoms with Gasteiger partial charge in [-0.1, -0.05) is 6.42 Å². The first-order chi connectivity index (χ1) is 8.63. The van der Waals surface area contributed by atoms with Gasteiger partial charge in [0, 0.05) is 6.54 Å². The molecule has 2 rings (SSSR count). The third-order valence-corrected chi connectivity index (χ3v) is 3.35. The van der Waals surface area contributed by atoms with Crippen LogP contribution in [0.25, 0.3) is 0 Å². The maximum absolute atomic E-state index is 10.8. The molecule has 1 heterocycles. The number of hydrogen-bond acceptors (Lipinski definition) is 5. The quantitative estimate of drug-likeness (QED) is 0.814. The third kappa shape index (κ3) is 2.74. The molecule has 1 aromatic heterocycles. The SMILES string of the molecule is N#Cc1cnc(NCC2(CC(=O)O)CCC2)cn1. The van der Waals surface area contributed by atoms with Crippen LogP contribution in [0, 0.1) is 16.7 Å². The van der Waals surface area contributed by atoms with E-state index in [1.807, 2.05) is 6.07 Å². The van der Waals surface area contributed by atoms with E-state index in [2.05, 4.69) is 15.3 Å². The first-order valence-electron chi connectivity index (χ1n) is 5.81. The summed E-state index contributed by atoms with van der Waals surface area (Å²) < 4.78 is 0. The van der Waals surface area contributed by atoms with Crippen molar-refractivity contribution < 1.29 is 9.90 Å². The lowest BCUT2D eigenvalue weighted by Gasteiger charge is -2.40. The zero-order valence-corrected chi connectivity index (χ0v) is 9.89. The van der Waals surface area contributed by atoms with Crippen LogP contribution in [0.5, 0.6) is 0 Å². The van der Waals surface area contributed by atoms with Crippen LogP contribution in [0.2, 0.25) is 0 Å². The number of anilines is 1. The summed E-state index contributed by atoms with van der Waals surface area (Å²) in [7, 11) is 0. The fraction of sp³-hybridized carbons (Fsp3) is 0.500. The lowest BCUT2D eigenvalue weighted by atomic mass is 9.66. The molecular weight excluding hydrogens is 232 g/mol. The van der Waals surface area contributed by atoms with Crippen LogP contribution in [-0.2, 0) is 4.79 Å². The summed E-state index contributed by atoms with van der Waals surface area (Å²) >= 11 is 0. The van der Waals surface area contributed by atoms with Crippen molar-refractivity contribution >= 4 is 11.8 Å². The van der Waals surface area contributed by atoms with Crippen molar-refractivity contribution in [2.75, 3.05) is 11.9 Å². The van der Waals surface area contributed by atoms with E-state index in [0.717, 1.165) is 19.3 Å². The molecule has 0 amide bonds. The number of hydrogen-bond donors (Lipinski definition) is 2. The van der Waals surface area contributed by atoms with E-state index in [4.69, 9.17) is 10.4 Å². The van der Waals surface area contributed by atoms with Crippen molar-refractivity contribution in [1.29, 1.82) is 5.26 Å². The zero-order chi connectivity index (χ0) is 13.0. The average Bonchev–Trinajstić information content (AvgIpc) is 2.32. The Balaban J connectivity index is 1.93. The van der Waals surface area contributed by atoms with Crippen LogP contribution in [0.3, 0.4) is 0 Å². The molecule has 0 aromatic carbocycles. The Morgan fingerprint density at radius 3 is 2.72 bits per heavy atom. The van der Waals surface area contributed by atoms with E-state index < -0.39 is 5.97 Å². The highest BCUT2D eigenvalue weighted by Crippen LogP contribution is 2.43. The van der Waals surface area contributed by atoms with Crippen molar-refractivity contribution in [2.45, 2.75) is 25.7 Å². The average molecular weight is 246 g/mol. The van der Waals surface area contributed by atoms with Gasteiger partial charge < -0.3 is 10.4 Å². The molecule has 0 aliphatic heterocycles. The number of nitrogens with one attached hydrogen (secondary N) is 1. The van der Waals surface area contributed by atoms with Crippen LogP contribution in [0.1, 0.15) is 31.4 Å². The monoisotopic (exact) mass is 246 g/mol. The van der Waals surface area contributed by atoms with Gasteiger partial charge >= 0.3 is 5.97 Å². The Labute approximate surface area is 105 Å². The lowest BCUT2D eigenvalue weighted by molar-refractivity contribution is -0.141. The highest BCUT2D eigenvalue weighted by atomic mass is 16.4. The van der Waals surface area contributed by atoms with Crippen LogP contribution in [-0.4, -0.2) is 27.6 Å². The Bertz CT molecular complexity index is 474. The first-order valence-corrected chi connectivity index (χ1v) is 5.81. The fourth-order valence-electron chi connectivity index (χ4n) is 2.17. The van der Waals surface area contributed by atoms with E-state index in [9.17, 15) is 4.79 Å². The highest BCUT2D eigenvalue weighted by molar-refractivity contribution is 5.68. The minimum Gasteiger partial charge on any atom is -0.481 e. The molecule has 1 saturated carbocycles. The topological polar surface area (TPSA) is 98.9 Å². The maximum Gasteiger partial charge on any atom is 0.303 e. The fourth-order valence-corrected chi connectivity index (χ4v) is 2.17. The minimum absolute atomic E-state index is 0.151. The molecule has 1 fully saturated rings. The summed E-state index contributed by atoms with van der Waals surface area (Å²) in [6, 6.07) is 1.90. The minimum atomic E-state index is -0.762. The number of nitrogens with zero attached hydrogens (tertiary/aromatic N) is 3. The number of aliphatic carboxylic acids is 1. The van der Waals surface area contributed by atoms with Crippen molar-refractivity contribution in [3.8, 4) is 6.07 Å². The molecule has 1 aliphatic carbocycles. The molecule has 1 aromatic rings. The standard InChI is InChI=1S/C12H14N4O2/c13-5-9-6-15-10(7-14-9)16-8-12(2-1-3-12)4-11(17)18/h6-7H,1-4,8H2,(H,15,16)(H,17,18). The van der Waals surface area contributed by atoms with Gasteiger partial charge in [0.2, 0.25) is 0 Å². The number of carbonyl (C=O) groups is 1. The second-order valence-electron chi connectivity index (χ2n) is 4.68. The molecule has 0 unspecified atom stereocenters. The van der Waals surface area contributed by atoms with E-state index in [1.54, 1.807) is 0 Å². The lowest BCUT2D eigenvalue weighted by Crippen LogP contribution is -2.38. The van der Waals surface area contributed by atoms with Crippen LogP contribution < -0.4 is 5.32 Å². The van der Waals surface area contributed by atoms with E-state index in [-0.39, 0.29) is 17.5 Å². The van der Waals surface area contributed by atoms with Crippen molar-refractivity contribution in [1.82, 2.24) is 9.97 Å². The molecular formula is C12H14N4O2. The van der Waals surface area contributed by atoms with Gasteiger partial charge in [0.1, 0.15) is 11.9 Å². The molecule has 6 nitrogen and oxygen atoms in total. The largest absolute Gasteiger partial charge is 0.481 e. The number of nitriles is 1. The number of carboxylic acids is 1. The Kier molecular flexibility index (Phi) is 3.42. The summed E-state index contributed by atoms with van der Waals surface area (Å²) in [4.78, 5) is 18.8. The third-order valence-electron chi connectivity index (χ3n) is 3.35. The van der Waals surface area contributed by atoms with Gasteiger partial charge in [-0.05, 0) is 18.3 Å². The van der Waals surface area contributed by atoms with Gasteiger partial charge in [-0.25, -0.2) is 9.97 Å². The van der Waals surface area contributed by atoms with Crippen LogP contribution in [0.4, 0.5) is 5.82 Å². The predicted octanol–water partition coefficient (Wildman–Crippen LogP) is 1.41. The maximum atomic E-state index is 10.8. The van der Waals surface area contributed by atoms with E-state index in [0.29, 0.717) is 12.4 Å². The molecule has 2 N–H and O–H groups in total. The van der Waals surface area contributed by atoms with Crippen LogP contribution >= 0.6 is 0 Å². The molecule has 18 heavy (non-hydrogen) atoms. The zero-order valence-electron chi connectivity index (χ0n) is 9.89. The first kappa shape index (κ1) is 12.3. The van der Waals surface area contributed by atoms with Gasteiger partial charge in [-0.3, -0.25) is 4.79 Å². The van der Waals surface area contributed by atoms with Crippen LogP contribution in [0.15, 0.2) is 12.4 Å². The molecule has 0 saturated heterocycles. The van der Waals surface area contributed by atoms with Gasteiger partial charge in [0.25, 0.3) is 0 Å². The second kappa shape index (κ2) is 5.00. The number of aromatic nitrogens is 2. The van der Waals surface area contributed by atoms with E-state index in [1.165, 1.54) is 12.4 Å². The molecule has 0 radical (unpaired) electrons. The molecule has 0 bridgehead atoms. The number of rotatable bonds is 5. The number of carboxylic acid groups (broad SMARTS) is 1. The summed E-state index contributed by atoms with van der Waals surface area (Å²) in [6.07, 6.45) is 6.00. The predicted molar refractivity (Wildman–Crippen MR) is 63.8 cm³/mol. The Hall–Kier alpha value is -2.16. The Morgan fingerprint density at radius 1 is 1.50 bits per heavy atom. The molecule has 0 atom stereocenters. The summed E-state index contributed by atoms with van der Waals surface area (Å²) in [6.45, 7) is 0.583. The molecule has 0 spiro atoms. The van der Waals surface area contributed by atoms with Crippen molar-refractivity contribution in [3.63, 3.8) is 0 Å². The molecule has 6 heteroatoms. The van der Waals surface area contributed by atoms with Gasteiger partial charge in [-0.15, -0.1) is 0 Å². The van der Waals surface area contributed by atoms with Gasteiger partial charge in [-0.2, -0.15) is 5.26 Å². The van der Waals surface area contributed by atoms with Gasteiger partial charge in [0.05, 0.1) is 18.8 Å². The van der Waals surface area contributed by atoms with Crippen molar-refractivity contribution in [3.05, 3.63) is 18.1 Å².